The fourth-order valence-corrected chi connectivity index (χ4v) is 10.3. The van der Waals surface area contributed by atoms with E-state index in [0.717, 1.165) is 121 Å². The van der Waals surface area contributed by atoms with E-state index in [1.807, 2.05) is 0 Å². The van der Waals surface area contributed by atoms with Gasteiger partial charge in [-0.3, -0.25) is 37.3 Å². The molecule has 5 atom stereocenters. The number of allylic oxidation sites excluding steroid dienone is 4. The Hall–Kier alpha value is -2.46. The van der Waals surface area contributed by atoms with Crippen molar-refractivity contribution in [2.75, 3.05) is 39.6 Å². The van der Waals surface area contributed by atoms with E-state index in [2.05, 4.69) is 58.9 Å². The van der Waals surface area contributed by atoms with Crippen molar-refractivity contribution in [1.82, 2.24) is 0 Å². The van der Waals surface area contributed by atoms with Crippen LogP contribution in [0.4, 0.5) is 0 Å². The highest BCUT2D eigenvalue weighted by atomic mass is 31.2. The lowest BCUT2D eigenvalue weighted by Crippen LogP contribution is -2.30. The van der Waals surface area contributed by atoms with Gasteiger partial charge in [0.1, 0.15) is 19.3 Å². The average Bonchev–Trinajstić information content (AvgIpc) is 3.43. The van der Waals surface area contributed by atoms with E-state index in [1.54, 1.807) is 0 Å². The molecular formula is C62H116O17P2. The zero-order chi connectivity index (χ0) is 59.9. The topological polar surface area (TPSA) is 237 Å². The first-order chi connectivity index (χ1) is 39.0. The summed E-state index contributed by atoms with van der Waals surface area (Å²) >= 11 is 0. The van der Waals surface area contributed by atoms with Crippen LogP contribution in [0.2, 0.25) is 0 Å². The highest BCUT2D eigenvalue weighted by Crippen LogP contribution is 2.45. The van der Waals surface area contributed by atoms with E-state index in [-0.39, 0.29) is 25.7 Å². The first-order valence-electron chi connectivity index (χ1n) is 32.0. The van der Waals surface area contributed by atoms with Crippen LogP contribution in [0.1, 0.15) is 285 Å². The van der Waals surface area contributed by atoms with E-state index in [4.69, 9.17) is 37.0 Å². The largest absolute Gasteiger partial charge is 0.472 e. The van der Waals surface area contributed by atoms with Gasteiger partial charge in [0, 0.05) is 25.7 Å². The SMILES string of the molecule is CCCCCC/C=C\C=C/CCCCCCCC(=O)O[C@H](COC(=O)CCCCCCCCCCCCC(C)C)COP(=O)(O)OC[C@@H](O)COP(=O)(O)OC[C@@H](COC(=O)CCCCCCC)OC(=O)CCCCCCCCCC. The molecule has 0 amide bonds. The van der Waals surface area contributed by atoms with Gasteiger partial charge in [-0.15, -0.1) is 0 Å². The Kier molecular flexibility index (Phi) is 53.7. The summed E-state index contributed by atoms with van der Waals surface area (Å²) in [4.78, 5) is 71.8. The van der Waals surface area contributed by atoms with E-state index < -0.39 is 97.5 Å². The Balaban J connectivity index is 5.21. The lowest BCUT2D eigenvalue weighted by molar-refractivity contribution is -0.161. The van der Waals surface area contributed by atoms with E-state index >= 15 is 0 Å². The number of aliphatic hydroxyl groups is 1. The molecule has 0 saturated carbocycles. The minimum atomic E-state index is -4.95. The van der Waals surface area contributed by atoms with Crippen LogP contribution in [0.3, 0.4) is 0 Å². The highest BCUT2D eigenvalue weighted by molar-refractivity contribution is 7.47. The summed E-state index contributed by atoms with van der Waals surface area (Å²) in [5.74, 6) is -1.42. The standard InChI is InChI=1S/C62H116O17P2/c1-6-9-12-15-17-19-20-21-22-23-24-29-33-38-43-48-62(67)79-58(52-73-60(65)46-41-36-32-28-26-25-27-30-35-39-44-55(4)5)54-77-81(70,71)75-50-56(63)49-74-80(68,69)76-53-57(51-72-59(64)45-40-34-14-11-8-3)78-61(66)47-42-37-31-18-16-13-10-7-2/h19-22,55-58,63H,6-18,23-54H2,1-5H3,(H,68,69)(H,70,71)/b20-19-,22-21-/t56-,57+,58+/m0/s1. The van der Waals surface area contributed by atoms with Crippen LogP contribution in [0.25, 0.3) is 0 Å². The van der Waals surface area contributed by atoms with Gasteiger partial charge in [-0.05, 0) is 57.3 Å². The molecule has 0 saturated heterocycles. The number of phosphoric ester groups is 2. The van der Waals surface area contributed by atoms with E-state index in [1.165, 1.54) is 83.5 Å². The van der Waals surface area contributed by atoms with Gasteiger partial charge in [0.2, 0.25) is 0 Å². The van der Waals surface area contributed by atoms with Crippen molar-refractivity contribution < 1.29 is 80.2 Å². The first kappa shape index (κ1) is 78.5. The maximum Gasteiger partial charge on any atom is 0.472 e. The molecule has 19 heteroatoms. The van der Waals surface area contributed by atoms with Crippen LogP contribution in [0.5, 0.6) is 0 Å². The van der Waals surface area contributed by atoms with Gasteiger partial charge in [-0.25, -0.2) is 9.13 Å². The number of carbonyl (C=O) groups excluding carboxylic acids is 4. The molecule has 0 aromatic rings. The summed E-state index contributed by atoms with van der Waals surface area (Å²) < 4.78 is 67.6. The third kappa shape index (κ3) is 56.4. The fourth-order valence-electron chi connectivity index (χ4n) is 8.69. The predicted molar refractivity (Wildman–Crippen MR) is 321 cm³/mol. The fraction of sp³-hybridized carbons (Fsp3) is 0.871. The summed E-state index contributed by atoms with van der Waals surface area (Å²) in [6.45, 7) is 6.99. The molecule has 0 radical (unpaired) electrons. The predicted octanol–water partition coefficient (Wildman–Crippen LogP) is 16.6. The van der Waals surface area contributed by atoms with Crippen molar-refractivity contribution in [1.29, 1.82) is 0 Å². The van der Waals surface area contributed by atoms with Crippen LogP contribution < -0.4 is 0 Å². The van der Waals surface area contributed by atoms with Crippen LogP contribution in [-0.2, 0) is 65.4 Å². The molecule has 0 spiro atoms. The zero-order valence-electron chi connectivity index (χ0n) is 51.4. The van der Waals surface area contributed by atoms with Gasteiger partial charge in [0.15, 0.2) is 12.2 Å². The molecule has 0 aliphatic rings. The summed E-state index contributed by atoms with van der Waals surface area (Å²) in [6, 6.07) is 0. The number of rotatable bonds is 60. The number of phosphoric acid groups is 2. The molecule has 476 valence electrons. The minimum absolute atomic E-state index is 0.0846. The quantitative estimate of drug-likeness (QED) is 0.0169. The van der Waals surface area contributed by atoms with Gasteiger partial charge in [-0.1, -0.05) is 232 Å². The second kappa shape index (κ2) is 55.4. The number of unbranched alkanes of at least 4 members (excludes halogenated alkanes) is 29. The zero-order valence-corrected chi connectivity index (χ0v) is 53.2. The average molecular weight is 1200 g/mol. The monoisotopic (exact) mass is 1190 g/mol. The molecule has 0 aromatic carbocycles. The van der Waals surface area contributed by atoms with Crippen molar-refractivity contribution in [3.63, 3.8) is 0 Å². The lowest BCUT2D eigenvalue weighted by Gasteiger charge is -2.21. The molecule has 0 aliphatic carbocycles. The van der Waals surface area contributed by atoms with Gasteiger partial charge < -0.3 is 33.8 Å². The molecule has 0 heterocycles. The Morgan fingerprint density at radius 3 is 1.01 bits per heavy atom. The normalized spacial score (nSPS) is 14.5. The van der Waals surface area contributed by atoms with Crippen LogP contribution in [-0.4, -0.2) is 96.7 Å². The summed E-state index contributed by atoms with van der Waals surface area (Å²) in [6.07, 6.45) is 41.6. The number of ether oxygens (including phenoxy) is 4. The second-order valence-electron chi connectivity index (χ2n) is 22.2. The lowest BCUT2D eigenvalue weighted by atomic mass is 10.0. The first-order valence-corrected chi connectivity index (χ1v) is 34.9. The minimum Gasteiger partial charge on any atom is -0.462 e. The summed E-state index contributed by atoms with van der Waals surface area (Å²) in [5.41, 5.74) is 0. The van der Waals surface area contributed by atoms with Gasteiger partial charge in [0.05, 0.1) is 26.4 Å². The Morgan fingerprint density at radius 2 is 0.667 bits per heavy atom. The van der Waals surface area contributed by atoms with Crippen molar-refractivity contribution in [2.45, 2.75) is 303 Å². The van der Waals surface area contributed by atoms with Crippen molar-refractivity contribution in [3.8, 4) is 0 Å². The van der Waals surface area contributed by atoms with Crippen molar-refractivity contribution in [3.05, 3.63) is 24.3 Å². The summed E-state index contributed by atoms with van der Waals surface area (Å²) in [7, 11) is -9.88. The molecule has 0 rings (SSSR count). The second-order valence-corrected chi connectivity index (χ2v) is 25.1. The molecule has 0 fully saturated rings. The van der Waals surface area contributed by atoms with Gasteiger partial charge in [-0.2, -0.15) is 0 Å². The third-order valence-electron chi connectivity index (χ3n) is 13.7. The van der Waals surface area contributed by atoms with E-state index in [0.29, 0.717) is 25.7 Å². The van der Waals surface area contributed by atoms with Gasteiger partial charge in [0.25, 0.3) is 0 Å². The molecular weight excluding hydrogens is 1080 g/mol. The molecule has 0 bridgehead atoms. The number of carbonyl (C=O) groups is 4. The maximum atomic E-state index is 12.9. The van der Waals surface area contributed by atoms with E-state index in [9.17, 15) is 43.2 Å². The van der Waals surface area contributed by atoms with Gasteiger partial charge >= 0.3 is 39.5 Å². The summed E-state index contributed by atoms with van der Waals surface area (Å²) in [5, 5.41) is 10.5. The Bertz CT molecular complexity index is 1680. The number of hydrogen-bond donors (Lipinski definition) is 3. The highest BCUT2D eigenvalue weighted by Gasteiger charge is 2.30. The van der Waals surface area contributed by atoms with Crippen LogP contribution in [0.15, 0.2) is 24.3 Å². The molecule has 0 aliphatic heterocycles. The maximum absolute atomic E-state index is 12.9. The Labute approximate surface area is 491 Å². The molecule has 3 N–H and O–H groups in total. The Morgan fingerprint density at radius 1 is 0.383 bits per heavy atom. The number of hydrogen-bond acceptors (Lipinski definition) is 15. The number of esters is 4. The third-order valence-corrected chi connectivity index (χ3v) is 15.6. The number of aliphatic hydroxyl groups excluding tert-OH is 1. The molecule has 0 aromatic heterocycles. The molecule has 17 nitrogen and oxygen atoms in total. The molecule has 81 heavy (non-hydrogen) atoms. The van der Waals surface area contributed by atoms with Crippen LogP contribution >= 0.6 is 15.6 Å². The smallest absolute Gasteiger partial charge is 0.462 e. The molecule has 2 unspecified atom stereocenters. The van der Waals surface area contributed by atoms with Crippen LogP contribution in [0, 0.1) is 5.92 Å². The van der Waals surface area contributed by atoms with Crippen molar-refractivity contribution >= 4 is 39.5 Å². The van der Waals surface area contributed by atoms with Crippen molar-refractivity contribution in [2.24, 2.45) is 5.92 Å².